The van der Waals surface area contributed by atoms with E-state index in [1.807, 2.05) is 25.1 Å². The van der Waals surface area contributed by atoms with E-state index < -0.39 is 11.4 Å². The first-order valence-corrected chi connectivity index (χ1v) is 7.36. The number of carboxylic acids is 1. The largest absolute Gasteiger partial charge is 0.497 e. The zero-order valence-corrected chi connectivity index (χ0v) is 12.4. The van der Waals surface area contributed by atoms with Crippen LogP contribution in [0.2, 0.25) is 0 Å². The van der Waals surface area contributed by atoms with Crippen molar-refractivity contribution in [2.75, 3.05) is 7.11 Å². The summed E-state index contributed by atoms with van der Waals surface area (Å²) in [5.41, 5.74) is 0.496. The topological polar surface area (TPSA) is 46.5 Å². The van der Waals surface area contributed by atoms with Crippen LogP contribution in [-0.4, -0.2) is 18.2 Å². The molecule has 3 rings (SSSR count). The second-order valence-corrected chi connectivity index (χ2v) is 6.14. The van der Waals surface area contributed by atoms with Gasteiger partial charge in [0.2, 0.25) is 0 Å². The van der Waals surface area contributed by atoms with Crippen LogP contribution in [0.25, 0.3) is 10.8 Å². The lowest BCUT2D eigenvalue weighted by molar-refractivity contribution is -0.148. The van der Waals surface area contributed by atoms with Crippen LogP contribution in [0.15, 0.2) is 36.4 Å². The lowest BCUT2D eigenvalue weighted by Crippen LogP contribution is -2.30. The number of carboxylic acid groups (broad SMARTS) is 1. The summed E-state index contributed by atoms with van der Waals surface area (Å²) < 4.78 is 5.24. The molecule has 2 atom stereocenters. The highest BCUT2D eigenvalue weighted by Gasteiger charge is 2.45. The van der Waals surface area contributed by atoms with Gasteiger partial charge in [0.25, 0.3) is 0 Å². The molecule has 0 heterocycles. The Kier molecular flexibility index (Phi) is 3.36. The van der Waals surface area contributed by atoms with E-state index in [1.54, 1.807) is 7.11 Å². The number of benzene rings is 2. The van der Waals surface area contributed by atoms with Gasteiger partial charge < -0.3 is 9.84 Å². The van der Waals surface area contributed by atoms with E-state index in [0.29, 0.717) is 0 Å². The minimum absolute atomic E-state index is 0.0986. The third-order valence-corrected chi connectivity index (χ3v) is 4.92. The van der Waals surface area contributed by atoms with Gasteiger partial charge >= 0.3 is 5.97 Å². The molecular weight excluding hydrogens is 264 g/mol. The molecule has 1 aliphatic carbocycles. The van der Waals surface area contributed by atoms with Crippen molar-refractivity contribution < 1.29 is 14.6 Å². The van der Waals surface area contributed by atoms with Crippen molar-refractivity contribution >= 4 is 16.7 Å². The van der Waals surface area contributed by atoms with Crippen LogP contribution in [0, 0.1) is 5.41 Å². The average molecular weight is 284 g/mol. The van der Waals surface area contributed by atoms with Crippen LogP contribution in [0.5, 0.6) is 5.75 Å². The number of methoxy groups -OCH3 is 1. The molecule has 1 aliphatic rings. The van der Waals surface area contributed by atoms with E-state index in [9.17, 15) is 9.90 Å². The standard InChI is InChI=1S/C18H20O3/c1-18(17(19)20)9-3-4-16(18)14-6-5-13-11-15(21-2)8-7-12(13)10-14/h5-8,10-11,16H,3-4,9H2,1-2H3,(H,19,20). The maximum absolute atomic E-state index is 11.6. The van der Waals surface area contributed by atoms with E-state index in [4.69, 9.17) is 4.74 Å². The lowest BCUT2D eigenvalue weighted by Gasteiger charge is -2.27. The lowest BCUT2D eigenvalue weighted by atomic mass is 9.76. The summed E-state index contributed by atoms with van der Waals surface area (Å²) >= 11 is 0. The molecule has 1 fully saturated rings. The van der Waals surface area contributed by atoms with Gasteiger partial charge in [-0.3, -0.25) is 4.79 Å². The Labute approximate surface area is 124 Å². The molecule has 0 spiro atoms. The first kappa shape index (κ1) is 13.9. The Morgan fingerprint density at radius 3 is 2.67 bits per heavy atom. The third-order valence-electron chi connectivity index (χ3n) is 4.92. The molecule has 2 unspecified atom stereocenters. The number of ether oxygens (including phenoxy) is 1. The van der Waals surface area contributed by atoms with Gasteiger partial charge in [0.15, 0.2) is 0 Å². The summed E-state index contributed by atoms with van der Waals surface area (Å²) in [5.74, 6) is 0.257. The fourth-order valence-corrected chi connectivity index (χ4v) is 3.54. The highest BCUT2D eigenvalue weighted by atomic mass is 16.5. The van der Waals surface area contributed by atoms with Crippen molar-refractivity contribution in [1.82, 2.24) is 0 Å². The summed E-state index contributed by atoms with van der Waals surface area (Å²) in [6.45, 7) is 1.88. The van der Waals surface area contributed by atoms with Gasteiger partial charge in [-0.1, -0.05) is 30.7 Å². The fourth-order valence-electron chi connectivity index (χ4n) is 3.54. The normalized spacial score (nSPS) is 25.1. The number of carbonyl (C=O) groups is 1. The quantitative estimate of drug-likeness (QED) is 0.918. The molecule has 2 aromatic carbocycles. The van der Waals surface area contributed by atoms with Gasteiger partial charge in [-0.2, -0.15) is 0 Å². The molecule has 110 valence electrons. The molecule has 0 radical (unpaired) electrons. The zero-order valence-electron chi connectivity index (χ0n) is 12.4. The Hall–Kier alpha value is -2.03. The molecule has 3 heteroatoms. The summed E-state index contributed by atoms with van der Waals surface area (Å²) in [7, 11) is 1.66. The van der Waals surface area contributed by atoms with E-state index in [2.05, 4.69) is 18.2 Å². The highest BCUT2D eigenvalue weighted by Crippen LogP contribution is 2.49. The molecule has 0 saturated heterocycles. The van der Waals surface area contributed by atoms with Crippen molar-refractivity contribution in [3.63, 3.8) is 0 Å². The minimum atomic E-state index is -0.681. The van der Waals surface area contributed by atoms with E-state index in [1.165, 1.54) is 0 Å². The van der Waals surface area contributed by atoms with Gasteiger partial charge in [-0.15, -0.1) is 0 Å². The van der Waals surface area contributed by atoms with Gasteiger partial charge in [-0.05, 0) is 54.2 Å². The molecule has 0 bridgehead atoms. The Morgan fingerprint density at radius 1 is 1.24 bits per heavy atom. The summed E-state index contributed by atoms with van der Waals surface area (Å²) in [5, 5.41) is 11.8. The second-order valence-electron chi connectivity index (χ2n) is 6.14. The summed E-state index contributed by atoms with van der Waals surface area (Å²) in [4.78, 5) is 11.6. The van der Waals surface area contributed by atoms with Crippen LogP contribution in [0.4, 0.5) is 0 Å². The predicted octanol–water partition coefficient (Wildman–Crippen LogP) is 4.21. The minimum Gasteiger partial charge on any atom is -0.497 e. The molecular formula is C18H20O3. The van der Waals surface area contributed by atoms with Crippen LogP contribution in [0.1, 0.15) is 37.7 Å². The first-order chi connectivity index (χ1) is 10.0. The maximum Gasteiger partial charge on any atom is 0.309 e. The van der Waals surface area contributed by atoms with E-state index >= 15 is 0 Å². The molecule has 1 N–H and O–H groups in total. The molecule has 0 aromatic heterocycles. The van der Waals surface area contributed by atoms with Gasteiger partial charge in [-0.25, -0.2) is 0 Å². The second kappa shape index (κ2) is 5.06. The number of aliphatic carboxylic acids is 1. The molecule has 0 amide bonds. The van der Waals surface area contributed by atoms with Crippen LogP contribution in [-0.2, 0) is 4.79 Å². The number of fused-ring (bicyclic) bond motifs is 1. The van der Waals surface area contributed by atoms with Crippen LogP contribution in [0.3, 0.4) is 0 Å². The Bertz CT molecular complexity index is 692. The van der Waals surface area contributed by atoms with Crippen LogP contribution < -0.4 is 4.74 Å². The highest BCUT2D eigenvalue weighted by molar-refractivity contribution is 5.85. The number of rotatable bonds is 3. The van der Waals surface area contributed by atoms with Crippen molar-refractivity contribution in [3.8, 4) is 5.75 Å². The summed E-state index contributed by atoms with van der Waals surface area (Å²) in [6.07, 6.45) is 2.69. The number of hydrogen-bond acceptors (Lipinski definition) is 2. The molecule has 3 nitrogen and oxygen atoms in total. The van der Waals surface area contributed by atoms with E-state index in [-0.39, 0.29) is 5.92 Å². The molecule has 2 aromatic rings. The van der Waals surface area contributed by atoms with Gasteiger partial charge in [0, 0.05) is 0 Å². The third kappa shape index (κ3) is 2.27. The van der Waals surface area contributed by atoms with Crippen molar-refractivity contribution in [2.45, 2.75) is 32.1 Å². The first-order valence-electron chi connectivity index (χ1n) is 7.36. The van der Waals surface area contributed by atoms with Gasteiger partial charge in [0.05, 0.1) is 12.5 Å². The van der Waals surface area contributed by atoms with Crippen molar-refractivity contribution in [1.29, 1.82) is 0 Å². The summed E-state index contributed by atoms with van der Waals surface area (Å²) in [6, 6.07) is 12.2. The monoisotopic (exact) mass is 284 g/mol. The maximum atomic E-state index is 11.6. The van der Waals surface area contributed by atoms with Crippen LogP contribution >= 0.6 is 0 Å². The SMILES string of the molecule is COc1ccc2cc(C3CCCC3(C)C(=O)O)ccc2c1. The van der Waals surface area contributed by atoms with E-state index in [0.717, 1.165) is 41.3 Å². The molecule has 1 saturated carbocycles. The Balaban J connectivity index is 2.03. The number of hydrogen-bond donors (Lipinski definition) is 1. The average Bonchev–Trinajstić information content (AvgIpc) is 2.89. The van der Waals surface area contributed by atoms with Crippen molar-refractivity contribution in [2.24, 2.45) is 5.41 Å². The van der Waals surface area contributed by atoms with Crippen molar-refractivity contribution in [3.05, 3.63) is 42.0 Å². The predicted molar refractivity (Wildman–Crippen MR) is 82.8 cm³/mol. The molecule has 0 aliphatic heterocycles. The molecule has 21 heavy (non-hydrogen) atoms. The Morgan fingerprint density at radius 2 is 1.95 bits per heavy atom. The fraction of sp³-hybridized carbons (Fsp3) is 0.389. The smallest absolute Gasteiger partial charge is 0.309 e. The zero-order chi connectivity index (χ0) is 15.0. The van der Waals surface area contributed by atoms with Gasteiger partial charge in [0.1, 0.15) is 5.75 Å².